The number of aromatic nitrogens is 1. The van der Waals surface area contributed by atoms with Crippen molar-refractivity contribution in [1.29, 1.82) is 0 Å². The fraction of sp³-hybridized carbons (Fsp3) is 0.222. The SMILES string of the molecule is Cc1[nH]c2ccc(NC(=O)c3ccc(F)cc3)cc2c1CCN(C)CCc1ccccc1.Cl. The molecule has 1 aromatic heterocycles. The Bertz CT molecular complexity index is 1210. The highest BCUT2D eigenvalue weighted by atomic mass is 35.5. The highest BCUT2D eigenvalue weighted by molar-refractivity contribution is 6.05. The van der Waals surface area contributed by atoms with Gasteiger partial charge >= 0.3 is 0 Å². The van der Waals surface area contributed by atoms with Crippen LogP contribution in [0.3, 0.4) is 0 Å². The Balaban J connectivity index is 0.00000306. The maximum Gasteiger partial charge on any atom is 0.255 e. The smallest absolute Gasteiger partial charge is 0.255 e. The lowest BCUT2D eigenvalue weighted by Crippen LogP contribution is -2.24. The van der Waals surface area contributed by atoms with E-state index in [2.05, 4.69) is 53.4 Å². The number of rotatable bonds is 8. The van der Waals surface area contributed by atoms with Crippen LogP contribution in [0.1, 0.15) is 27.2 Å². The van der Waals surface area contributed by atoms with Crippen molar-refractivity contribution in [2.24, 2.45) is 0 Å². The number of nitrogens with one attached hydrogen (secondary N) is 2. The van der Waals surface area contributed by atoms with Gasteiger partial charge in [-0.05, 0) is 80.4 Å². The van der Waals surface area contributed by atoms with E-state index in [1.165, 1.54) is 35.4 Å². The second-order valence-electron chi connectivity index (χ2n) is 8.24. The molecule has 0 radical (unpaired) electrons. The van der Waals surface area contributed by atoms with Gasteiger partial charge < -0.3 is 15.2 Å². The van der Waals surface area contributed by atoms with Gasteiger partial charge in [-0.15, -0.1) is 12.4 Å². The molecule has 0 saturated carbocycles. The molecular formula is C27H29ClFN3O. The van der Waals surface area contributed by atoms with Crippen molar-refractivity contribution in [3.63, 3.8) is 0 Å². The number of anilines is 1. The van der Waals surface area contributed by atoms with Gasteiger partial charge in [-0.2, -0.15) is 0 Å². The van der Waals surface area contributed by atoms with Crippen LogP contribution in [-0.2, 0) is 12.8 Å². The molecule has 0 aliphatic carbocycles. The first-order valence-electron chi connectivity index (χ1n) is 10.9. The monoisotopic (exact) mass is 465 g/mol. The number of halogens is 2. The molecule has 1 amide bonds. The summed E-state index contributed by atoms with van der Waals surface area (Å²) in [6, 6.07) is 22.0. The minimum absolute atomic E-state index is 0. The van der Waals surface area contributed by atoms with Crippen LogP contribution in [0, 0.1) is 12.7 Å². The molecule has 172 valence electrons. The summed E-state index contributed by atoms with van der Waals surface area (Å²) >= 11 is 0. The van der Waals surface area contributed by atoms with E-state index in [1.807, 2.05) is 24.3 Å². The summed E-state index contributed by atoms with van der Waals surface area (Å²) in [6.45, 7) is 4.05. The van der Waals surface area contributed by atoms with Gasteiger partial charge in [0.2, 0.25) is 0 Å². The Hall–Kier alpha value is -3.15. The average molecular weight is 466 g/mol. The van der Waals surface area contributed by atoms with Crippen LogP contribution in [0.5, 0.6) is 0 Å². The zero-order valence-electron chi connectivity index (χ0n) is 18.9. The van der Waals surface area contributed by atoms with Gasteiger partial charge in [0.1, 0.15) is 5.82 Å². The molecule has 0 unspecified atom stereocenters. The Labute approximate surface area is 200 Å². The minimum atomic E-state index is -0.357. The molecule has 3 aromatic carbocycles. The van der Waals surface area contributed by atoms with Crippen LogP contribution in [-0.4, -0.2) is 35.9 Å². The molecule has 1 heterocycles. The first kappa shape index (κ1) is 24.5. The number of benzene rings is 3. The van der Waals surface area contributed by atoms with Crippen molar-refractivity contribution in [1.82, 2.24) is 9.88 Å². The maximum absolute atomic E-state index is 13.1. The lowest BCUT2D eigenvalue weighted by Gasteiger charge is -2.16. The zero-order valence-corrected chi connectivity index (χ0v) is 19.7. The van der Waals surface area contributed by atoms with E-state index in [9.17, 15) is 9.18 Å². The molecule has 33 heavy (non-hydrogen) atoms. The van der Waals surface area contributed by atoms with Crippen LogP contribution in [0.15, 0.2) is 72.8 Å². The van der Waals surface area contributed by atoms with Crippen LogP contribution in [0.25, 0.3) is 10.9 Å². The molecule has 2 N–H and O–H groups in total. The van der Waals surface area contributed by atoms with Crippen LogP contribution in [0.2, 0.25) is 0 Å². The van der Waals surface area contributed by atoms with E-state index in [-0.39, 0.29) is 24.1 Å². The zero-order chi connectivity index (χ0) is 22.5. The van der Waals surface area contributed by atoms with E-state index in [1.54, 1.807) is 0 Å². The molecule has 0 aliphatic heterocycles. The molecule has 0 aliphatic rings. The Morgan fingerprint density at radius 1 is 0.970 bits per heavy atom. The summed E-state index contributed by atoms with van der Waals surface area (Å²) in [6.07, 6.45) is 1.95. The molecule has 0 fully saturated rings. The number of carbonyl (C=O) groups is 1. The highest BCUT2D eigenvalue weighted by Crippen LogP contribution is 2.26. The van der Waals surface area contributed by atoms with Crippen molar-refractivity contribution in [2.45, 2.75) is 19.8 Å². The van der Waals surface area contributed by atoms with Gasteiger partial charge in [0.25, 0.3) is 5.91 Å². The molecule has 4 aromatic rings. The quantitative estimate of drug-likeness (QED) is 0.335. The Kier molecular flexibility index (Phi) is 8.26. The number of nitrogens with zero attached hydrogens (tertiary/aromatic N) is 1. The van der Waals surface area contributed by atoms with Gasteiger partial charge in [-0.3, -0.25) is 4.79 Å². The standard InChI is InChI=1S/C27H28FN3O.ClH/c1-19-24(15-17-31(2)16-14-20-6-4-3-5-7-20)25-18-23(12-13-26(25)29-19)30-27(32)21-8-10-22(28)11-9-21;/h3-13,18,29H,14-17H2,1-2H3,(H,30,32);1H. The molecular weight excluding hydrogens is 437 g/mol. The summed E-state index contributed by atoms with van der Waals surface area (Å²) in [4.78, 5) is 18.3. The molecule has 0 atom stereocenters. The molecule has 0 saturated heterocycles. The number of H-pyrrole nitrogens is 1. The number of hydrogen-bond donors (Lipinski definition) is 2. The molecule has 4 rings (SSSR count). The number of aromatic amines is 1. The molecule has 0 bridgehead atoms. The topological polar surface area (TPSA) is 48.1 Å². The first-order valence-corrected chi connectivity index (χ1v) is 10.9. The van der Waals surface area contributed by atoms with Crippen LogP contribution in [0.4, 0.5) is 10.1 Å². The highest BCUT2D eigenvalue weighted by Gasteiger charge is 2.12. The third kappa shape index (κ3) is 6.21. The number of fused-ring (bicyclic) bond motifs is 1. The van der Waals surface area contributed by atoms with Gasteiger partial charge in [0.15, 0.2) is 0 Å². The summed E-state index contributed by atoms with van der Waals surface area (Å²) in [5.74, 6) is -0.608. The van der Waals surface area contributed by atoms with E-state index in [4.69, 9.17) is 0 Å². The summed E-state index contributed by atoms with van der Waals surface area (Å²) in [5, 5.41) is 4.05. The second-order valence-corrected chi connectivity index (χ2v) is 8.24. The van der Waals surface area contributed by atoms with Crippen molar-refractivity contribution in [2.75, 3.05) is 25.5 Å². The van der Waals surface area contributed by atoms with Crippen LogP contribution < -0.4 is 5.32 Å². The van der Waals surface area contributed by atoms with Gasteiger partial charge in [0, 0.05) is 40.9 Å². The summed E-state index contributed by atoms with van der Waals surface area (Å²) in [5.41, 5.74) is 5.98. The average Bonchev–Trinajstić information content (AvgIpc) is 3.11. The van der Waals surface area contributed by atoms with Crippen molar-refractivity contribution >= 4 is 34.9 Å². The van der Waals surface area contributed by atoms with E-state index in [0.717, 1.165) is 48.2 Å². The first-order chi connectivity index (χ1) is 15.5. The Morgan fingerprint density at radius 3 is 2.39 bits per heavy atom. The predicted octanol–water partition coefficient (Wildman–Crippen LogP) is 6.01. The minimum Gasteiger partial charge on any atom is -0.358 e. The number of likely N-dealkylation sites (N-methyl/N-ethyl adjacent to an activating group) is 1. The number of carbonyl (C=O) groups excluding carboxylic acids is 1. The van der Waals surface area contributed by atoms with Crippen molar-refractivity contribution in [3.8, 4) is 0 Å². The Morgan fingerprint density at radius 2 is 1.67 bits per heavy atom. The number of amides is 1. The molecule has 4 nitrogen and oxygen atoms in total. The van der Waals surface area contributed by atoms with E-state index >= 15 is 0 Å². The maximum atomic E-state index is 13.1. The predicted molar refractivity (Wildman–Crippen MR) is 136 cm³/mol. The summed E-state index contributed by atoms with van der Waals surface area (Å²) < 4.78 is 13.1. The van der Waals surface area contributed by atoms with Crippen molar-refractivity contribution < 1.29 is 9.18 Å². The third-order valence-corrected chi connectivity index (χ3v) is 5.85. The number of hydrogen-bond acceptors (Lipinski definition) is 2. The largest absolute Gasteiger partial charge is 0.358 e. The number of aryl methyl sites for hydroxylation is 1. The lowest BCUT2D eigenvalue weighted by atomic mass is 10.1. The second kappa shape index (κ2) is 11.1. The third-order valence-electron chi connectivity index (χ3n) is 5.85. The van der Waals surface area contributed by atoms with Crippen molar-refractivity contribution in [3.05, 3.63) is 101 Å². The molecule has 0 spiro atoms. The molecule has 6 heteroatoms. The van der Waals surface area contributed by atoms with Crippen LogP contribution >= 0.6 is 12.4 Å². The van der Waals surface area contributed by atoms with Gasteiger partial charge in [0.05, 0.1) is 0 Å². The van der Waals surface area contributed by atoms with Gasteiger partial charge in [-0.1, -0.05) is 30.3 Å². The van der Waals surface area contributed by atoms with E-state index in [0.29, 0.717) is 5.56 Å². The fourth-order valence-corrected chi connectivity index (χ4v) is 3.97. The van der Waals surface area contributed by atoms with Gasteiger partial charge in [-0.25, -0.2) is 4.39 Å². The fourth-order valence-electron chi connectivity index (χ4n) is 3.97. The summed E-state index contributed by atoms with van der Waals surface area (Å²) in [7, 11) is 2.15. The normalized spacial score (nSPS) is 10.9. The van der Waals surface area contributed by atoms with E-state index < -0.39 is 0 Å². The lowest BCUT2D eigenvalue weighted by molar-refractivity contribution is 0.102.